The first-order chi connectivity index (χ1) is 10.1. The van der Waals surface area contributed by atoms with E-state index in [9.17, 15) is 9.18 Å². The third kappa shape index (κ3) is 2.75. The van der Waals surface area contributed by atoms with Gasteiger partial charge in [-0.3, -0.25) is 4.79 Å². The second-order valence-corrected chi connectivity index (χ2v) is 6.15. The summed E-state index contributed by atoms with van der Waals surface area (Å²) in [6, 6.07) is 4.63. The van der Waals surface area contributed by atoms with E-state index < -0.39 is 5.82 Å². The Kier molecular flexibility index (Phi) is 3.85. The predicted octanol–water partition coefficient (Wildman–Crippen LogP) is 2.03. The number of fused-ring (bicyclic) bond motifs is 1. The summed E-state index contributed by atoms with van der Waals surface area (Å²) in [6.45, 7) is 1.42. The highest BCUT2D eigenvalue weighted by Crippen LogP contribution is 2.36. The summed E-state index contributed by atoms with van der Waals surface area (Å²) in [7, 11) is 1.48. The van der Waals surface area contributed by atoms with Crippen LogP contribution in [0.25, 0.3) is 0 Å². The van der Waals surface area contributed by atoms with Gasteiger partial charge in [-0.05, 0) is 43.2 Å². The Morgan fingerprint density at radius 1 is 1.33 bits per heavy atom. The van der Waals surface area contributed by atoms with E-state index in [0.717, 1.165) is 25.8 Å². The lowest BCUT2D eigenvalue weighted by Gasteiger charge is -2.27. The van der Waals surface area contributed by atoms with Gasteiger partial charge in [0.25, 0.3) is 5.91 Å². The Labute approximate surface area is 124 Å². The number of nitrogens with zero attached hydrogens (tertiary/aromatic N) is 1. The van der Waals surface area contributed by atoms with Crippen LogP contribution in [0.15, 0.2) is 18.2 Å². The standard InChI is InChI=1S/C16H21FN2O2/c1-21-13-4-5-14(15(17)7-13)16(20)19-8-10-2-3-12(18)6-11(10)9-19/h4-5,7,10-12H,2-3,6,8-9,18H2,1H3/t10-,11+,12?/m1/s1. The molecule has 3 rings (SSSR count). The topological polar surface area (TPSA) is 55.6 Å². The first-order valence-electron chi connectivity index (χ1n) is 7.47. The number of nitrogens with two attached hydrogens (primary N) is 1. The van der Waals surface area contributed by atoms with Crippen molar-refractivity contribution in [2.45, 2.75) is 25.3 Å². The molecule has 1 aromatic rings. The van der Waals surface area contributed by atoms with E-state index in [1.165, 1.54) is 19.2 Å². The minimum Gasteiger partial charge on any atom is -0.497 e. The number of carbonyl (C=O) groups is 1. The minimum absolute atomic E-state index is 0.124. The van der Waals surface area contributed by atoms with Gasteiger partial charge < -0.3 is 15.4 Å². The van der Waals surface area contributed by atoms with Gasteiger partial charge in [-0.15, -0.1) is 0 Å². The molecule has 0 spiro atoms. The summed E-state index contributed by atoms with van der Waals surface area (Å²) < 4.78 is 19.0. The van der Waals surface area contributed by atoms with Gasteiger partial charge in [-0.25, -0.2) is 4.39 Å². The fraction of sp³-hybridized carbons (Fsp3) is 0.562. The number of likely N-dealkylation sites (tertiary alicyclic amines) is 1. The zero-order valence-corrected chi connectivity index (χ0v) is 12.2. The summed E-state index contributed by atoms with van der Waals surface area (Å²) in [4.78, 5) is 14.3. The lowest BCUT2D eigenvalue weighted by Crippen LogP contribution is -2.32. The number of halogens is 1. The molecule has 21 heavy (non-hydrogen) atoms. The molecular weight excluding hydrogens is 271 g/mol. The van der Waals surface area contributed by atoms with Gasteiger partial charge in [-0.2, -0.15) is 0 Å². The number of ether oxygens (including phenoxy) is 1. The van der Waals surface area contributed by atoms with E-state index in [1.54, 1.807) is 11.0 Å². The van der Waals surface area contributed by atoms with Gasteiger partial charge in [0.15, 0.2) is 0 Å². The molecule has 0 bridgehead atoms. The average Bonchev–Trinajstić information content (AvgIpc) is 2.89. The third-order valence-corrected chi connectivity index (χ3v) is 4.78. The monoisotopic (exact) mass is 292 g/mol. The van der Waals surface area contributed by atoms with E-state index in [2.05, 4.69) is 0 Å². The number of hydrogen-bond donors (Lipinski definition) is 1. The Hall–Kier alpha value is -1.62. The van der Waals surface area contributed by atoms with Crippen molar-refractivity contribution in [1.29, 1.82) is 0 Å². The maximum atomic E-state index is 14.0. The van der Waals surface area contributed by atoms with Gasteiger partial charge in [0, 0.05) is 25.2 Å². The molecule has 3 atom stereocenters. The average molecular weight is 292 g/mol. The third-order valence-electron chi connectivity index (χ3n) is 4.78. The van der Waals surface area contributed by atoms with Crippen LogP contribution in [0.5, 0.6) is 5.75 Å². The van der Waals surface area contributed by atoms with Gasteiger partial charge in [-0.1, -0.05) is 0 Å². The number of carbonyl (C=O) groups excluding carboxylic acids is 1. The van der Waals surface area contributed by atoms with Crippen molar-refractivity contribution in [3.63, 3.8) is 0 Å². The summed E-state index contributed by atoms with van der Waals surface area (Å²) in [5.74, 6) is 0.670. The summed E-state index contributed by atoms with van der Waals surface area (Å²) in [5, 5.41) is 0. The van der Waals surface area contributed by atoms with E-state index in [0.29, 0.717) is 24.1 Å². The molecule has 4 nitrogen and oxygen atoms in total. The normalized spacial score (nSPS) is 28.3. The number of methoxy groups -OCH3 is 1. The molecular formula is C16H21FN2O2. The van der Waals surface area contributed by atoms with Crippen molar-refractivity contribution >= 4 is 5.91 Å². The van der Waals surface area contributed by atoms with Crippen molar-refractivity contribution in [2.75, 3.05) is 20.2 Å². The summed E-state index contributed by atoms with van der Waals surface area (Å²) >= 11 is 0. The van der Waals surface area contributed by atoms with E-state index in [1.807, 2.05) is 0 Å². The molecule has 1 amide bonds. The van der Waals surface area contributed by atoms with Gasteiger partial charge in [0.1, 0.15) is 11.6 Å². The van der Waals surface area contributed by atoms with Crippen LogP contribution in [0.3, 0.4) is 0 Å². The summed E-state index contributed by atoms with van der Waals surface area (Å²) in [5.41, 5.74) is 6.13. The zero-order valence-electron chi connectivity index (χ0n) is 12.2. The Balaban J connectivity index is 1.74. The van der Waals surface area contributed by atoms with Crippen LogP contribution in [0, 0.1) is 17.7 Å². The fourth-order valence-electron chi connectivity index (χ4n) is 3.60. The molecule has 5 heteroatoms. The molecule has 1 aliphatic heterocycles. The highest BCUT2D eigenvalue weighted by atomic mass is 19.1. The lowest BCUT2D eigenvalue weighted by molar-refractivity contribution is 0.0779. The largest absolute Gasteiger partial charge is 0.497 e. The lowest BCUT2D eigenvalue weighted by atomic mass is 9.79. The van der Waals surface area contributed by atoms with E-state index >= 15 is 0 Å². The Bertz CT molecular complexity index is 549. The number of amides is 1. The van der Waals surface area contributed by atoms with Crippen LogP contribution in [-0.2, 0) is 0 Å². The Morgan fingerprint density at radius 2 is 2.10 bits per heavy atom. The van der Waals surface area contributed by atoms with E-state index in [-0.39, 0.29) is 17.5 Å². The molecule has 0 radical (unpaired) electrons. The molecule has 2 aliphatic rings. The van der Waals surface area contributed by atoms with Crippen molar-refractivity contribution in [3.8, 4) is 5.75 Å². The molecule has 2 N–H and O–H groups in total. The van der Waals surface area contributed by atoms with Gasteiger partial charge in [0.05, 0.1) is 12.7 Å². The van der Waals surface area contributed by atoms with Crippen LogP contribution in [-0.4, -0.2) is 37.0 Å². The predicted molar refractivity (Wildman–Crippen MR) is 77.7 cm³/mol. The van der Waals surface area contributed by atoms with Crippen molar-refractivity contribution in [2.24, 2.45) is 17.6 Å². The quantitative estimate of drug-likeness (QED) is 0.907. The highest BCUT2D eigenvalue weighted by Gasteiger charge is 2.39. The van der Waals surface area contributed by atoms with Crippen molar-refractivity contribution in [3.05, 3.63) is 29.6 Å². The molecule has 1 heterocycles. The van der Waals surface area contributed by atoms with Crippen LogP contribution in [0.4, 0.5) is 4.39 Å². The summed E-state index contributed by atoms with van der Waals surface area (Å²) in [6.07, 6.45) is 3.07. The fourth-order valence-corrected chi connectivity index (χ4v) is 3.60. The van der Waals surface area contributed by atoms with Crippen LogP contribution in [0.2, 0.25) is 0 Å². The number of benzene rings is 1. The van der Waals surface area contributed by atoms with Crippen molar-refractivity contribution in [1.82, 2.24) is 4.90 Å². The van der Waals surface area contributed by atoms with Gasteiger partial charge in [0.2, 0.25) is 0 Å². The molecule has 1 aliphatic carbocycles. The van der Waals surface area contributed by atoms with Gasteiger partial charge >= 0.3 is 0 Å². The number of rotatable bonds is 2. The maximum Gasteiger partial charge on any atom is 0.256 e. The highest BCUT2D eigenvalue weighted by molar-refractivity contribution is 5.94. The molecule has 1 unspecified atom stereocenters. The maximum absolute atomic E-state index is 14.0. The van der Waals surface area contributed by atoms with Crippen LogP contribution >= 0.6 is 0 Å². The molecule has 1 aromatic carbocycles. The second kappa shape index (κ2) is 5.64. The second-order valence-electron chi connectivity index (χ2n) is 6.15. The smallest absolute Gasteiger partial charge is 0.256 e. The molecule has 2 fully saturated rings. The molecule has 0 aromatic heterocycles. The molecule has 1 saturated carbocycles. The van der Waals surface area contributed by atoms with Crippen molar-refractivity contribution < 1.29 is 13.9 Å². The zero-order chi connectivity index (χ0) is 15.0. The Morgan fingerprint density at radius 3 is 2.81 bits per heavy atom. The SMILES string of the molecule is COc1ccc(C(=O)N2C[C@H]3CCC(N)C[C@H]3C2)c(F)c1. The first kappa shape index (κ1) is 14.3. The number of hydrogen-bond acceptors (Lipinski definition) is 3. The first-order valence-corrected chi connectivity index (χ1v) is 7.47. The van der Waals surface area contributed by atoms with E-state index in [4.69, 9.17) is 10.5 Å². The minimum atomic E-state index is -0.522. The van der Waals surface area contributed by atoms with Crippen LogP contribution < -0.4 is 10.5 Å². The molecule has 114 valence electrons. The van der Waals surface area contributed by atoms with Crippen LogP contribution in [0.1, 0.15) is 29.6 Å². The molecule has 1 saturated heterocycles.